The molecule has 1 aromatic rings. The molecule has 0 bridgehead atoms. The fraction of sp³-hybridized carbons (Fsp3) is 0.538. The minimum absolute atomic E-state index is 0.319. The lowest BCUT2D eigenvalue weighted by Crippen LogP contribution is -2.33. The molecule has 2 N–H and O–H groups in total. The highest BCUT2D eigenvalue weighted by molar-refractivity contribution is 7.89. The molecule has 0 atom stereocenters. The minimum atomic E-state index is -3.41. The van der Waals surface area contributed by atoms with Gasteiger partial charge >= 0.3 is 0 Å². The molecule has 1 aromatic carbocycles. The first-order valence-electron chi connectivity index (χ1n) is 6.41. The van der Waals surface area contributed by atoms with Crippen molar-refractivity contribution in [1.82, 2.24) is 14.9 Å². The Balaban J connectivity index is 2.68. The lowest BCUT2D eigenvalue weighted by Gasteiger charge is -2.14. The van der Waals surface area contributed by atoms with Crippen molar-refractivity contribution in [3.05, 3.63) is 29.8 Å². The first-order valence-corrected chi connectivity index (χ1v) is 7.89. The van der Waals surface area contributed by atoms with Crippen LogP contribution < -0.4 is 10.0 Å². The van der Waals surface area contributed by atoms with Crippen molar-refractivity contribution in [3.8, 4) is 0 Å². The molecule has 0 aliphatic rings. The quantitative estimate of drug-likeness (QED) is 0.736. The van der Waals surface area contributed by atoms with Crippen LogP contribution in [0.2, 0.25) is 0 Å². The summed E-state index contributed by atoms with van der Waals surface area (Å²) in [4.78, 5) is 2.37. The van der Waals surface area contributed by atoms with Crippen molar-refractivity contribution < 1.29 is 8.42 Å². The van der Waals surface area contributed by atoms with Gasteiger partial charge in [-0.15, -0.1) is 0 Å². The lowest BCUT2D eigenvalue weighted by molar-refractivity contribution is 0.358. The van der Waals surface area contributed by atoms with Crippen LogP contribution in [0.5, 0.6) is 0 Å². The summed E-state index contributed by atoms with van der Waals surface area (Å²) in [5.74, 6) is 0. The molecule has 0 amide bonds. The van der Waals surface area contributed by atoms with E-state index in [1.807, 2.05) is 27.1 Å². The zero-order chi connectivity index (χ0) is 14.3. The third kappa shape index (κ3) is 5.28. The summed E-state index contributed by atoms with van der Waals surface area (Å²) < 4.78 is 26.8. The molecule has 0 spiro atoms. The average molecular weight is 285 g/mol. The van der Waals surface area contributed by atoms with Crippen LogP contribution >= 0.6 is 0 Å². The van der Waals surface area contributed by atoms with Crippen molar-refractivity contribution >= 4 is 10.0 Å². The summed E-state index contributed by atoms with van der Waals surface area (Å²) in [5.41, 5.74) is 0.955. The van der Waals surface area contributed by atoms with E-state index in [9.17, 15) is 8.42 Å². The summed E-state index contributed by atoms with van der Waals surface area (Å²) in [6, 6.07) is 6.98. The van der Waals surface area contributed by atoms with Gasteiger partial charge in [0.2, 0.25) is 10.0 Å². The highest BCUT2D eigenvalue weighted by Gasteiger charge is 2.13. The second-order valence-corrected chi connectivity index (χ2v) is 6.24. The number of nitrogens with zero attached hydrogens (tertiary/aromatic N) is 1. The van der Waals surface area contributed by atoms with E-state index in [0.717, 1.165) is 12.1 Å². The van der Waals surface area contributed by atoms with Crippen molar-refractivity contribution in [2.24, 2.45) is 0 Å². The Bertz CT molecular complexity index is 488. The molecule has 108 valence electrons. The van der Waals surface area contributed by atoms with Gasteiger partial charge in [-0.3, -0.25) is 0 Å². The summed E-state index contributed by atoms with van der Waals surface area (Å²) in [6.07, 6.45) is 0. The monoisotopic (exact) mass is 285 g/mol. The van der Waals surface area contributed by atoms with E-state index in [4.69, 9.17) is 0 Å². The van der Waals surface area contributed by atoms with Crippen LogP contribution in [-0.4, -0.2) is 47.0 Å². The van der Waals surface area contributed by atoms with Gasteiger partial charge in [0.25, 0.3) is 0 Å². The number of nitrogens with one attached hydrogen (secondary N) is 2. The van der Waals surface area contributed by atoms with Gasteiger partial charge in [0.15, 0.2) is 0 Å². The first-order chi connectivity index (χ1) is 8.99. The zero-order valence-electron chi connectivity index (χ0n) is 11.8. The average Bonchev–Trinajstić information content (AvgIpc) is 2.39. The van der Waals surface area contributed by atoms with E-state index >= 15 is 0 Å². The SMILES string of the molecule is CCN(C)CCNS(=O)(=O)c1cccc(CNC)c1. The van der Waals surface area contributed by atoms with Gasteiger partial charge in [-0.2, -0.15) is 0 Å². The summed E-state index contributed by atoms with van der Waals surface area (Å²) >= 11 is 0. The van der Waals surface area contributed by atoms with Crippen molar-refractivity contribution in [1.29, 1.82) is 0 Å². The topological polar surface area (TPSA) is 61.4 Å². The molecule has 6 heteroatoms. The Morgan fingerprint density at radius 3 is 2.68 bits per heavy atom. The first kappa shape index (κ1) is 16.1. The molecule has 0 radical (unpaired) electrons. The van der Waals surface area contributed by atoms with Crippen molar-refractivity contribution in [3.63, 3.8) is 0 Å². The van der Waals surface area contributed by atoms with Crippen LogP contribution in [0, 0.1) is 0 Å². The Hall–Kier alpha value is -0.950. The highest BCUT2D eigenvalue weighted by atomic mass is 32.2. The van der Waals surface area contributed by atoms with Gasteiger partial charge in [-0.1, -0.05) is 19.1 Å². The Kier molecular flexibility index (Phi) is 6.44. The fourth-order valence-corrected chi connectivity index (χ4v) is 2.73. The standard InChI is InChI=1S/C13H23N3O2S/c1-4-16(3)9-8-15-19(17,18)13-7-5-6-12(10-13)11-14-2/h5-7,10,14-15H,4,8-9,11H2,1-3H3. The summed E-state index contributed by atoms with van der Waals surface area (Å²) in [7, 11) is 0.384. The Labute approximate surface area is 116 Å². The maximum absolute atomic E-state index is 12.1. The number of rotatable bonds is 8. The smallest absolute Gasteiger partial charge is 0.240 e. The van der Waals surface area contributed by atoms with Crippen LogP contribution in [0.15, 0.2) is 29.2 Å². The number of sulfonamides is 1. The van der Waals surface area contributed by atoms with Gasteiger partial charge in [-0.25, -0.2) is 13.1 Å². The van der Waals surface area contributed by atoms with Gasteiger partial charge in [0.05, 0.1) is 4.90 Å². The van der Waals surface area contributed by atoms with Crippen LogP contribution in [-0.2, 0) is 16.6 Å². The fourth-order valence-electron chi connectivity index (χ4n) is 1.64. The van der Waals surface area contributed by atoms with E-state index < -0.39 is 10.0 Å². The van der Waals surface area contributed by atoms with Gasteiger partial charge in [-0.05, 0) is 38.3 Å². The molecular formula is C13H23N3O2S. The third-order valence-corrected chi connectivity index (χ3v) is 4.37. The minimum Gasteiger partial charge on any atom is -0.316 e. The van der Waals surface area contributed by atoms with E-state index in [0.29, 0.717) is 24.5 Å². The Morgan fingerprint density at radius 2 is 2.05 bits per heavy atom. The molecular weight excluding hydrogens is 262 g/mol. The maximum atomic E-state index is 12.1. The van der Waals surface area contributed by atoms with Crippen LogP contribution in [0.3, 0.4) is 0 Å². The number of hydrogen-bond donors (Lipinski definition) is 2. The number of hydrogen-bond acceptors (Lipinski definition) is 4. The molecule has 5 nitrogen and oxygen atoms in total. The van der Waals surface area contributed by atoms with Crippen LogP contribution in [0.1, 0.15) is 12.5 Å². The molecule has 0 aliphatic heterocycles. The number of likely N-dealkylation sites (N-methyl/N-ethyl adjacent to an activating group) is 1. The molecule has 1 rings (SSSR count). The number of benzene rings is 1. The molecule has 0 saturated carbocycles. The van der Waals surface area contributed by atoms with Crippen LogP contribution in [0.25, 0.3) is 0 Å². The van der Waals surface area contributed by atoms with Crippen molar-refractivity contribution in [2.75, 3.05) is 33.7 Å². The van der Waals surface area contributed by atoms with E-state index in [-0.39, 0.29) is 0 Å². The molecule has 0 fully saturated rings. The van der Waals surface area contributed by atoms with Gasteiger partial charge in [0.1, 0.15) is 0 Å². The van der Waals surface area contributed by atoms with Crippen molar-refractivity contribution in [2.45, 2.75) is 18.4 Å². The third-order valence-electron chi connectivity index (χ3n) is 2.92. The van der Waals surface area contributed by atoms with Gasteiger partial charge < -0.3 is 10.2 Å². The molecule has 0 heterocycles. The molecule has 0 aromatic heterocycles. The summed E-state index contributed by atoms with van der Waals surface area (Å²) in [5, 5.41) is 3.01. The molecule has 0 saturated heterocycles. The van der Waals surface area contributed by atoms with Gasteiger partial charge in [0, 0.05) is 19.6 Å². The maximum Gasteiger partial charge on any atom is 0.240 e. The second kappa shape index (κ2) is 7.59. The van der Waals surface area contributed by atoms with Crippen LogP contribution in [0.4, 0.5) is 0 Å². The lowest BCUT2D eigenvalue weighted by atomic mass is 10.2. The summed E-state index contributed by atoms with van der Waals surface area (Å²) in [6.45, 7) is 4.71. The van der Waals surface area contributed by atoms with E-state index in [2.05, 4.69) is 14.9 Å². The highest BCUT2D eigenvalue weighted by Crippen LogP contribution is 2.11. The Morgan fingerprint density at radius 1 is 1.32 bits per heavy atom. The van der Waals surface area contributed by atoms with E-state index in [1.165, 1.54) is 0 Å². The zero-order valence-corrected chi connectivity index (χ0v) is 12.6. The normalized spacial score (nSPS) is 12.0. The molecule has 0 unspecified atom stereocenters. The predicted molar refractivity (Wildman–Crippen MR) is 77.6 cm³/mol. The largest absolute Gasteiger partial charge is 0.316 e. The molecule has 19 heavy (non-hydrogen) atoms. The molecule has 0 aliphatic carbocycles. The second-order valence-electron chi connectivity index (χ2n) is 4.47. The predicted octanol–water partition coefficient (Wildman–Crippen LogP) is 0.636. The van der Waals surface area contributed by atoms with E-state index in [1.54, 1.807) is 18.2 Å².